The Hall–Kier alpha value is -2.05. The first kappa shape index (κ1) is 19.3. The van der Waals surface area contributed by atoms with Gasteiger partial charge in [-0.2, -0.15) is 0 Å². The molecule has 0 saturated carbocycles. The molecule has 2 rings (SSSR count). The van der Waals surface area contributed by atoms with E-state index in [9.17, 15) is 8.42 Å². The summed E-state index contributed by atoms with van der Waals surface area (Å²) in [6, 6.07) is 10.6. The van der Waals surface area contributed by atoms with Crippen LogP contribution in [0.1, 0.15) is 23.6 Å². The van der Waals surface area contributed by atoms with Gasteiger partial charge in [0, 0.05) is 0 Å². The molecule has 0 amide bonds. The van der Waals surface area contributed by atoms with Crippen molar-refractivity contribution in [1.82, 2.24) is 4.72 Å². The lowest BCUT2D eigenvalue weighted by Crippen LogP contribution is -2.37. The fraction of sp³-hybridized carbons (Fsp3) is 0.368. The van der Waals surface area contributed by atoms with Crippen LogP contribution in [-0.4, -0.2) is 28.2 Å². The summed E-state index contributed by atoms with van der Waals surface area (Å²) in [6.45, 7) is 7.60. The van der Waals surface area contributed by atoms with E-state index in [-0.39, 0.29) is 17.5 Å². The van der Waals surface area contributed by atoms with Crippen molar-refractivity contribution >= 4 is 10.0 Å². The van der Waals surface area contributed by atoms with Gasteiger partial charge >= 0.3 is 0 Å². The highest BCUT2D eigenvalue weighted by Gasteiger charge is 2.21. The molecule has 6 heteroatoms. The SMILES string of the molecule is COc1cc(C)c(S(=O)(=O)N[C@H](C)COc2ccc(C)cc2)cc1C. The molecule has 0 aliphatic rings. The number of aryl methyl sites for hydroxylation is 3. The van der Waals surface area contributed by atoms with Crippen LogP contribution in [0.15, 0.2) is 41.3 Å². The van der Waals surface area contributed by atoms with Crippen molar-refractivity contribution in [2.75, 3.05) is 13.7 Å². The van der Waals surface area contributed by atoms with Gasteiger partial charge in [0.15, 0.2) is 0 Å². The topological polar surface area (TPSA) is 64.6 Å². The zero-order chi connectivity index (χ0) is 18.6. The maximum Gasteiger partial charge on any atom is 0.241 e. The molecule has 0 aliphatic carbocycles. The first-order valence-electron chi connectivity index (χ1n) is 8.10. The number of hydrogen-bond acceptors (Lipinski definition) is 4. The largest absolute Gasteiger partial charge is 0.496 e. The van der Waals surface area contributed by atoms with E-state index < -0.39 is 10.0 Å². The summed E-state index contributed by atoms with van der Waals surface area (Å²) in [5.41, 5.74) is 2.56. The molecule has 0 saturated heterocycles. The summed E-state index contributed by atoms with van der Waals surface area (Å²) in [4.78, 5) is 0.257. The van der Waals surface area contributed by atoms with Crippen LogP contribution in [0, 0.1) is 20.8 Å². The quantitative estimate of drug-likeness (QED) is 0.819. The lowest BCUT2D eigenvalue weighted by atomic mass is 10.1. The predicted octanol–water partition coefficient (Wildman–Crippen LogP) is 3.37. The molecular weight excluding hydrogens is 338 g/mol. The monoisotopic (exact) mass is 363 g/mol. The molecule has 0 unspecified atom stereocenters. The zero-order valence-corrected chi connectivity index (χ0v) is 16.1. The average Bonchev–Trinajstić information content (AvgIpc) is 2.55. The van der Waals surface area contributed by atoms with Crippen LogP contribution < -0.4 is 14.2 Å². The Morgan fingerprint density at radius 3 is 2.28 bits per heavy atom. The molecule has 0 bridgehead atoms. The number of rotatable bonds is 7. The highest BCUT2D eigenvalue weighted by molar-refractivity contribution is 7.89. The Morgan fingerprint density at radius 2 is 1.68 bits per heavy atom. The van der Waals surface area contributed by atoms with E-state index in [1.807, 2.05) is 38.1 Å². The number of methoxy groups -OCH3 is 1. The summed E-state index contributed by atoms with van der Waals surface area (Å²) in [6.07, 6.45) is 0. The van der Waals surface area contributed by atoms with Gasteiger partial charge in [-0.05, 0) is 63.1 Å². The third kappa shape index (κ3) is 4.96. The molecule has 5 nitrogen and oxygen atoms in total. The van der Waals surface area contributed by atoms with Crippen LogP contribution in [0.4, 0.5) is 0 Å². The molecule has 0 spiro atoms. The van der Waals surface area contributed by atoms with Gasteiger partial charge in [0.1, 0.15) is 18.1 Å². The molecular formula is C19H25NO4S. The molecule has 2 aromatic carbocycles. The van der Waals surface area contributed by atoms with E-state index in [0.29, 0.717) is 17.1 Å². The van der Waals surface area contributed by atoms with Gasteiger partial charge in [-0.25, -0.2) is 13.1 Å². The third-order valence-electron chi connectivity index (χ3n) is 3.86. The highest BCUT2D eigenvalue weighted by atomic mass is 32.2. The maximum atomic E-state index is 12.7. The fourth-order valence-corrected chi connectivity index (χ4v) is 4.03. The van der Waals surface area contributed by atoms with E-state index in [4.69, 9.17) is 9.47 Å². The minimum absolute atomic E-state index is 0.247. The lowest BCUT2D eigenvalue weighted by Gasteiger charge is -2.17. The van der Waals surface area contributed by atoms with Crippen LogP contribution in [0.3, 0.4) is 0 Å². The van der Waals surface area contributed by atoms with Gasteiger partial charge in [-0.15, -0.1) is 0 Å². The van der Waals surface area contributed by atoms with Crippen LogP contribution in [0.5, 0.6) is 11.5 Å². The van der Waals surface area contributed by atoms with Gasteiger partial charge in [0.2, 0.25) is 10.0 Å². The van der Waals surface area contributed by atoms with Gasteiger partial charge < -0.3 is 9.47 Å². The predicted molar refractivity (Wildman–Crippen MR) is 98.9 cm³/mol. The summed E-state index contributed by atoms with van der Waals surface area (Å²) in [5.74, 6) is 1.39. The Balaban J connectivity index is 2.07. The highest BCUT2D eigenvalue weighted by Crippen LogP contribution is 2.25. The minimum Gasteiger partial charge on any atom is -0.496 e. The van der Waals surface area contributed by atoms with Crippen molar-refractivity contribution in [3.05, 3.63) is 53.1 Å². The second-order valence-electron chi connectivity index (χ2n) is 6.23. The van der Waals surface area contributed by atoms with Gasteiger partial charge in [-0.1, -0.05) is 17.7 Å². The molecule has 1 atom stereocenters. The van der Waals surface area contributed by atoms with Crippen molar-refractivity contribution in [2.45, 2.75) is 38.6 Å². The molecule has 0 fully saturated rings. The van der Waals surface area contributed by atoms with Crippen molar-refractivity contribution < 1.29 is 17.9 Å². The Labute approximate surface area is 150 Å². The van der Waals surface area contributed by atoms with Crippen molar-refractivity contribution in [3.8, 4) is 11.5 Å². The molecule has 0 aromatic heterocycles. The number of hydrogen-bond donors (Lipinski definition) is 1. The van der Waals surface area contributed by atoms with E-state index in [1.165, 1.54) is 0 Å². The standard InChI is InChI=1S/C19H25NO4S/c1-13-6-8-17(9-7-13)24-12-16(4)20-25(21,22)19-11-14(2)18(23-5)10-15(19)3/h6-11,16,20H,12H2,1-5H3/t16-/m1/s1. The second-order valence-corrected chi connectivity index (χ2v) is 7.92. The zero-order valence-electron chi connectivity index (χ0n) is 15.3. The molecule has 1 N–H and O–H groups in total. The second kappa shape index (κ2) is 7.89. The maximum absolute atomic E-state index is 12.7. The summed E-state index contributed by atoms with van der Waals surface area (Å²) in [7, 11) is -2.07. The minimum atomic E-state index is -3.63. The molecule has 136 valence electrons. The Bertz CT molecular complexity index is 829. The molecule has 0 aliphatic heterocycles. The number of sulfonamides is 1. The van der Waals surface area contributed by atoms with E-state index in [2.05, 4.69) is 4.72 Å². The number of ether oxygens (including phenoxy) is 2. The normalized spacial score (nSPS) is 12.7. The number of nitrogens with one attached hydrogen (secondary N) is 1. The first-order valence-corrected chi connectivity index (χ1v) is 9.58. The smallest absolute Gasteiger partial charge is 0.241 e. The Morgan fingerprint density at radius 1 is 1.04 bits per heavy atom. The van der Waals surface area contributed by atoms with Crippen LogP contribution in [0.25, 0.3) is 0 Å². The van der Waals surface area contributed by atoms with Crippen molar-refractivity contribution in [3.63, 3.8) is 0 Å². The van der Waals surface area contributed by atoms with Crippen LogP contribution >= 0.6 is 0 Å². The van der Waals surface area contributed by atoms with Crippen LogP contribution in [-0.2, 0) is 10.0 Å². The molecule has 2 aromatic rings. The molecule has 0 radical (unpaired) electrons. The van der Waals surface area contributed by atoms with Crippen molar-refractivity contribution in [2.24, 2.45) is 0 Å². The first-order chi connectivity index (χ1) is 11.7. The summed E-state index contributed by atoms with van der Waals surface area (Å²) < 4.78 is 38.9. The fourth-order valence-electron chi connectivity index (χ4n) is 2.49. The van der Waals surface area contributed by atoms with Gasteiger partial charge in [0.25, 0.3) is 0 Å². The average molecular weight is 363 g/mol. The van der Waals surface area contributed by atoms with Crippen molar-refractivity contribution in [1.29, 1.82) is 0 Å². The molecule has 25 heavy (non-hydrogen) atoms. The summed E-state index contributed by atoms with van der Waals surface area (Å²) >= 11 is 0. The Kier molecular flexibility index (Phi) is 6.08. The van der Waals surface area contributed by atoms with E-state index in [0.717, 1.165) is 11.1 Å². The molecule has 0 heterocycles. The summed E-state index contributed by atoms with van der Waals surface area (Å²) in [5, 5.41) is 0. The van der Waals surface area contributed by atoms with Crippen LogP contribution in [0.2, 0.25) is 0 Å². The lowest BCUT2D eigenvalue weighted by molar-refractivity contribution is 0.287. The van der Waals surface area contributed by atoms with Gasteiger partial charge in [-0.3, -0.25) is 0 Å². The van der Waals surface area contributed by atoms with Gasteiger partial charge in [0.05, 0.1) is 18.0 Å². The van der Waals surface area contributed by atoms with E-state index >= 15 is 0 Å². The third-order valence-corrected chi connectivity index (χ3v) is 5.59. The van der Waals surface area contributed by atoms with E-state index in [1.54, 1.807) is 33.1 Å². The number of benzene rings is 2.